The van der Waals surface area contributed by atoms with Crippen LogP contribution >= 0.6 is 0 Å². The molecule has 0 amide bonds. The van der Waals surface area contributed by atoms with Crippen molar-refractivity contribution in [3.63, 3.8) is 0 Å². The van der Waals surface area contributed by atoms with Crippen LogP contribution in [0.1, 0.15) is 19.3 Å². The van der Waals surface area contributed by atoms with Crippen LogP contribution in [0.3, 0.4) is 0 Å². The largest absolute Gasteiger partial charge is 0.360 e. The van der Waals surface area contributed by atoms with Gasteiger partial charge in [-0.3, -0.25) is 9.80 Å². The molecule has 0 aromatic heterocycles. The molecule has 0 atom stereocenters. The van der Waals surface area contributed by atoms with Crippen LogP contribution in [0, 0.1) is 0 Å². The molecule has 3 rings (SSSR count). The third kappa shape index (κ3) is 2.98. The highest BCUT2D eigenvalue weighted by Gasteiger charge is 2.22. The molecular formula is C14H20N4O. The first-order valence-corrected chi connectivity index (χ1v) is 6.93. The second kappa shape index (κ2) is 5.93. The fraction of sp³-hybridized carbons (Fsp3) is 0.500. The number of oxime groups is 1. The van der Waals surface area contributed by atoms with Gasteiger partial charge in [0.15, 0.2) is 0 Å². The maximum atomic E-state index is 5.10. The zero-order valence-corrected chi connectivity index (χ0v) is 11.1. The Morgan fingerprint density at radius 1 is 1.11 bits per heavy atom. The van der Waals surface area contributed by atoms with E-state index in [0.717, 1.165) is 19.2 Å². The monoisotopic (exact) mass is 260 g/mol. The van der Waals surface area contributed by atoms with Crippen molar-refractivity contribution in [1.29, 1.82) is 0 Å². The summed E-state index contributed by atoms with van der Waals surface area (Å²) >= 11 is 0. The summed E-state index contributed by atoms with van der Waals surface area (Å²) in [6.45, 7) is 4.07. The highest BCUT2D eigenvalue weighted by atomic mass is 16.6. The van der Waals surface area contributed by atoms with E-state index in [1.54, 1.807) is 6.26 Å². The van der Waals surface area contributed by atoms with E-state index in [1.807, 2.05) is 24.6 Å². The van der Waals surface area contributed by atoms with Gasteiger partial charge in [-0.1, -0.05) is 18.6 Å². The minimum atomic E-state index is 0.836. The third-order valence-electron chi connectivity index (χ3n) is 3.57. The number of allylic oxidation sites excluding steroid dienone is 2. The van der Waals surface area contributed by atoms with E-state index in [1.165, 1.54) is 32.4 Å². The number of piperidine rings is 1. The van der Waals surface area contributed by atoms with Crippen LogP contribution in [0.2, 0.25) is 0 Å². The number of likely N-dealkylation sites (tertiary alicyclic amines) is 1. The van der Waals surface area contributed by atoms with Crippen molar-refractivity contribution in [2.24, 2.45) is 5.16 Å². The molecule has 3 heterocycles. The van der Waals surface area contributed by atoms with Gasteiger partial charge in [0.1, 0.15) is 6.26 Å². The number of rotatable bonds is 2. The molecule has 0 spiro atoms. The molecular weight excluding hydrogens is 240 g/mol. The van der Waals surface area contributed by atoms with Crippen molar-refractivity contribution in [3.8, 4) is 0 Å². The molecule has 1 fully saturated rings. The van der Waals surface area contributed by atoms with Crippen molar-refractivity contribution >= 4 is 5.96 Å². The fourth-order valence-electron chi connectivity index (χ4n) is 2.56. The van der Waals surface area contributed by atoms with Crippen LogP contribution in [-0.2, 0) is 4.84 Å². The van der Waals surface area contributed by atoms with Crippen LogP contribution < -0.4 is 0 Å². The molecule has 0 radical (unpaired) electrons. The topological polar surface area (TPSA) is 31.3 Å². The van der Waals surface area contributed by atoms with Gasteiger partial charge < -0.3 is 9.74 Å². The molecule has 0 bridgehead atoms. The smallest absolute Gasteiger partial charge is 0.248 e. The summed E-state index contributed by atoms with van der Waals surface area (Å²) in [6.07, 6.45) is 15.8. The Morgan fingerprint density at radius 2 is 2.00 bits per heavy atom. The SMILES string of the molecule is C1=CCN(C2=NOC=CN2CN2CCCCC2)C=C1. The van der Waals surface area contributed by atoms with Gasteiger partial charge >= 0.3 is 0 Å². The lowest BCUT2D eigenvalue weighted by molar-refractivity contribution is 0.154. The van der Waals surface area contributed by atoms with Crippen LogP contribution in [-0.4, -0.2) is 47.0 Å². The Bertz CT molecular complexity index is 421. The second-order valence-electron chi connectivity index (χ2n) is 4.99. The van der Waals surface area contributed by atoms with E-state index in [2.05, 4.69) is 25.9 Å². The second-order valence-corrected chi connectivity index (χ2v) is 4.99. The Morgan fingerprint density at radius 3 is 2.79 bits per heavy atom. The van der Waals surface area contributed by atoms with Gasteiger partial charge in [-0.2, -0.15) is 0 Å². The first-order valence-electron chi connectivity index (χ1n) is 6.93. The third-order valence-corrected chi connectivity index (χ3v) is 3.57. The van der Waals surface area contributed by atoms with Gasteiger partial charge in [0.25, 0.3) is 0 Å². The average molecular weight is 260 g/mol. The van der Waals surface area contributed by atoms with Gasteiger partial charge in [0.2, 0.25) is 5.96 Å². The summed E-state index contributed by atoms with van der Waals surface area (Å²) in [5.74, 6) is 0.855. The van der Waals surface area contributed by atoms with E-state index in [4.69, 9.17) is 4.84 Å². The van der Waals surface area contributed by atoms with Crippen molar-refractivity contribution in [1.82, 2.24) is 14.7 Å². The maximum absolute atomic E-state index is 5.10. The van der Waals surface area contributed by atoms with Crippen LogP contribution in [0.25, 0.3) is 0 Å². The molecule has 0 aromatic rings. The normalized spacial score (nSPS) is 23.5. The fourth-order valence-corrected chi connectivity index (χ4v) is 2.56. The molecule has 3 aliphatic rings. The van der Waals surface area contributed by atoms with Gasteiger partial charge in [0.05, 0.1) is 6.67 Å². The van der Waals surface area contributed by atoms with Crippen molar-refractivity contribution < 1.29 is 4.84 Å². The maximum Gasteiger partial charge on any atom is 0.248 e. The summed E-state index contributed by atoms with van der Waals surface area (Å²) in [4.78, 5) is 11.8. The Hall–Kier alpha value is -1.75. The van der Waals surface area contributed by atoms with Crippen molar-refractivity contribution in [2.75, 3.05) is 26.3 Å². The average Bonchev–Trinajstić information content (AvgIpc) is 2.50. The van der Waals surface area contributed by atoms with Gasteiger partial charge in [0, 0.05) is 18.9 Å². The predicted octanol–water partition coefficient (Wildman–Crippen LogP) is 1.89. The Kier molecular flexibility index (Phi) is 3.83. The molecule has 5 nitrogen and oxygen atoms in total. The summed E-state index contributed by atoms with van der Waals surface area (Å²) in [7, 11) is 0. The minimum Gasteiger partial charge on any atom is -0.360 e. The van der Waals surface area contributed by atoms with Crippen molar-refractivity contribution in [3.05, 3.63) is 36.9 Å². The Balaban J connectivity index is 1.65. The highest BCUT2D eigenvalue weighted by molar-refractivity contribution is 5.82. The van der Waals surface area contributed by atoms with Crippen molar-refractivity contribution in [2.45, 2.75) is 19.3 Å². The number of guanidine groups is 1. The standard InChI is InChI=1S/C14H20N4O/c1-3-7-16(8-4-1)13-18-11-12-19-15-14(18)17-9-5-2-6-10-17/h2,5-6,9,11-12H,1,3-4,7-8,10,13H2. The van der Waals surface area contributed by atoms with Gasteiger partial charge in [-0.15, -0.1) is 0 Å². The molecule has 5 heteroatoms. The first kappa shape index (κ1) is 12.3. The summed E-state index contributed by atoms with van der Waals surface area (Å²) in [6, 6.07) is 0. The number of nitrogens with zero attached hydrogens (tertiary/aromatic N) is 4. The predicted molar refractivity (Wildman–Crippen MR) is 74.8 cm³/mol. The summed E-state index contributed by atoms with van der Waals surface area (Å²) in [5.41, 5.74) is 0. The van der Waals surface area contributed by atoms with Crippen LogP contribution in [0.5, 0.6) is 0 Å². The molecule has 3 aliphatic heterocycles. The number of hydrogen-bond donors (Lipinski definition) is 0. The lowest BCUT2D eigenvalue weighted by Crippen LogP contribution is -2.47. The first-order chi connectivity index (χ1) is 9.43. The molecule has 0 N–H and O–H groups in total. The van der Waals surface area contributed by atoms with E-state index < -0.39 is 0 Å². The molecule has 0 aromatic carbocycles. The number of hydrogen-bond acceptors (Lipinski definition) is 5. The quantitative estimate of drug-likeness (QED) is 0.759. The van der Waals surface area contributed by atoms with E-state index in [9.17, 15) is 0 Å². The lowest BCUT2D eigenvalue weighted by atomic mass is 10.1. The zero-order valence-electron chi connectivity index (χ0n) is 11.1. The van der Waals surface area contributed by atoms with E-state index in [0.29, 0.717) is 0 Å². The summed E-state index contributed by atoms with van der Waals surface area (Å²) in [5, 5.41) is 4.17. The molecule has 0 saturated carbocycles. The molecule has 0 unspecified atom stereocenters. The minimum absolute atomic E-state index is 0.836. The molecule has 102 valence electrons. The van der Waals surface area contributed by atoms with Gasteiger partial charge in [-0.05, 0) is 37.2 Å². The molecule has 0 aliphatic carbocycles. The van der Waals surface area contributed by atoms with E-state index in [-0.39, 0.29) is 0 Å². The lowest BCUT2D eigenvalue weighted by Gasteiger charge is -2.36. The zero-order chi connectivity index (χ0) is 12.9. The van der Waals surface area contributed by atoms with E-state index >= 15 is 0 Å². The summed E-state index contributed by atoms with van der Waals surface area (Å²) < 4.78 is 0. The van der Waals surface area contributed by atoms with Crippen LogP contribution in [0.15, 0.2) is 42.0 Å². The Labute approximate surface area is 114 Å². The van der Waals surface area contributed by atoms with Gasteiger partial charge in [-0.25, -0.2) is 0 Å². The molecule has 19 heavy (non-hydrogen) atoms. The highest BCUT2D eigenvalue weighted by Crippen LogP contribution is 2.14. The van der Waals surface area contributed by atoms with Crippen LogP contribution in [0.4, 0.5) is 0 Å². The molecule has 1 saturated heterocycles.